The number of alkyl halides is 8. The first-order chi connectivity index (χ1) is 29.2. The van der Waals surface area contributed by atoms with Gasteiger partial charge < -0.3 is 5.32 Å². The third kappa shape index (κ3) is 10.3. The van der Waals surface area contributed by atoms with E-state index in [0.29, 0.717) is 22.7 Å². The summed E-state index contributed by atoms with van der Waals surface area (Å²) in [5.41, 5.74) is -4.61. The Labute approximate surface area is 368 Å². The molecule has 336 valence electrons. The highest BCUT2D eigenvalue weighted by atomic mass is 35.5. The van der Waals surface area contributed by atoms with Crippen LogP contribution in [0.3, 0.4) is 0 Å². The van der Waals surface area contributed by atoms with E-state index in [1.165, 1.54) is 36.8 Å². The van der Waals surface area contributed by atoms with E-state index in [1.807, 2.05) is 0 Å². The lowest BCUT2D eigenvalue weighted by Gasteiger charge is -2.23. The number of hydrogen-bond acceptors (Lipinski definition) is 7. The number of rotatable bonds is 11. The molecule has 0 saturated carbocycles. The van der Waals surface area contributed by atoms with Crippen molar-refractivity contribution in [2.24, 2.45) is 0 Å². The molecule has 1 aliphatic carbocycles. The molecular weight excluding hydrogens is 939 g/mol. The highest BCUT2D eigenvalue weighted by Crippen LogP contribution is 2.47. The molecule has 5 aromatic rings. The molecule has 3 aromatic heterocycles. The van der Waals surface area contributed by atoms with Crippen molar-refractivity contribution < 1.29 is 57.7 Å². The van der Waals surface area contributed by atoms with Crippen LogP contribution in [0.2, 0.25) is 5.02 Å². The van der Waals surface area contributed by atoms with E-state index in [0.717, 1.165) is 16.4 Å². The average Bonchev–Trinajstić information content (AvgIpc) is 3.81. The van der Waals surface area contributed by atoms with Crippen LogP contribution in [-0.4, -0.2) is 63.5 Å². The number of amides is 2. The van der Waals surface area contributed by atoms with Gasteiger partial charge in [-0.05, 0) is 92.1 Å². The minimum atomic E-state index is -5.16. The largest absolute Gasteiger partial charge is 0.435 e. The first kappa shape index (κ1) is 47.6. The Bertz CT molecular complexity index is 2710. The Kier molecular flexibility index (Phi) is 13.3. The summed E-state index contributed by atoms with van der Waals surface area (Å²) in [4.78, 5) is 31.0. The maximum absolute atomic E-state index is 15.1. The standard InChI is InChI=1S/C39H31Cl2F10N7O3S2/c1-36(2,63(4)61)11-9-22-5-6-23(24-7-8-26(40)29-31(24)57(18-38(46,47)48)55-34(29)58(62-3)35(41)60)30(52-22)27(15-19-13-20(42)16-21(43)14-19)53-28(59)17-56-33-25(10-12-37(33,44)45)32(54-56)39(49,50)51/h5-8,13-14,16,27H,10,12,15,17-18H2,1-4H3,(H,53,59). The van der Waals surface area contributed by atoms with Crippen molar-refractivity contribution in [3.8, 4) is 23.0 Å². The first-order valence-electron chi connectivity index (χ1n) is 18.2. The summed E-state index contributed by atoms with van der Waals surface area (Å²) in [6.45, 7) is 0.143. The second-order valence-electron chi connectivity index (χ2n) is 14.6. The van der Waals surface area contributed by atoms with Gasteiger partial charge in [-0.2, -0.15) is 45.3 Å². The summed E-state index contributed by atoms with van der Waals surface area (Å²) >= 11 is 13.1. The average molecular weight is 971 g/mol. The zero-order chi connectivity index (χ0) is 46.6. The van der Waals surface area contributed by atoms with Crippen LogP contribution in [0.4, 0.5) is 54.5 Å². The quantitative estimate of drug-likeness (QED) is 0.0461. The van der Waals surface area contributed by atoms with Crippen LogP contribution in [0.1, 0.15) is 60.2 Å². The lowest BCUT2D eigenvalue weighted by Crippen LogP contribution is -2.35. The van der Waals surface area contributed by atoms with Crippen LogP contribution in [-0.2, 0) is 53.6 Å². The Balaban J connectivity index is 1.62. The van der Waals surface area contributed by atoms with Gasteiger partial charge in [-0.15, -0.1) is 0 Å². The summed E-state index contributed by atoms with van der Waals surface area (Å²) in [5, 5.41) is 8.32. The molecular formula is C39H31Cl2F10N7O3S2. The lowest BCUT2D eigenvalue weighted by molar-refractivity contribution is -0.142. The Morgan fingerprint density at radius 1 is 1.02 bits per heavy atom. The number of halogens is 12. The molecule has 1 aliphatic rings. The SMILES string of the molecule is CSN(C(=O)Cl)c1nn(CC(F)(F)F)c2c(-c3ccc(C#CC(C)(C)S(C)=O)nc3C(Cc3cc(F)cc(F)c3)NC(=O)Cn3nc(C(F)(F)F)c4c3C(F)(F)CC4)ccc(Cl)c12. The molecule has 6 rings (SSSR count). The Hall–Kier alpha value is -4.85. The van der Waals surface area contributed by atoms with Gasteiger partial charge >= 0.3 is 17.7 Å². The van der Waals surface area contributed by atoms with Crippen molar-refractivity contribution in [2.45, 2.75) is 75.3 Å². The molecule has 10 nitrogen and oxygen atoms in total. The predicted molar refractivity (Wildman–Crippen MR) is 217 cm³/mol. The molecule has 2 aromatic carbocycles. The van der Waals surface area contributed by atoms with Crippen LogP contribution in [0.5, 0.6) is 0 Å². The fourth-order valence-corrected chi connectivity index (χ4v) is 8.08. The van der Waals surface area contributed by atoms with Gasteiger partial charge in [0, 0.05) is 52.5 Å². The van der Waals surface area contributed by atoms with E-state index in [1.54, 1.807) is 13.8 Å². The van der Waals surface area contributed by atoms with Gasteiger partial charge in [0.25, 0.3) is 5.92 Å². The molecule has 2 atom stereocenters. The Morgan fingerprint density at radius 2 is 1.67 bits per heavy atom. The van der Waals surface area contributed by atoms with Crippen molar-refractivity contribution in [2.75, 3.05) is 16.8 Å². The third-order valence-corrected chi connectivity index (χ3v) is 12.6. The van der Waals surface area contributed by atoms with Gasteiger partial charge in [0.2, 0.25) is 5.91 Å². The number of hydrogen-bond donors (Lipinski definition) is 1. The molecule has 0 fully saturated rings. The van der Waals surface area contributed by atoms with Crippen LogP contribution < -0.4 is 9.62 Å². The molecule has 63 heavy (non-hydrogen) atoms. The van der Waals surface area contributed by atoms with Crippen LogP contribution in [0.25, 0.3) is 22.0 Å². The minimum absolute atomic E-state index is 0.0905. The summed E-state index contributed by atoms with van der Waals surface area (Å²) in [7, 11) is -1.52. The summed E-state index contributed by atoms with van der Waals surface area (Å²) in [6, 6.07) is 5.83. The molecule has 2 amide bonds. The zero-order valence-electron chi connectivity index (χ0n) is 32.9. The smallest absolute Gasteiger partial charge is 0.346 e. The third-order valence-electron chi connectivity index (χ3n) is 9.79. The predicted octanol–water partition coefficient (Wildman–Crippen LogP) is 9.90. The van der Waals surface area contributed by atoms with Crippen molar-refractivity contribution in [3.63, 3.8) is 0 Å². The number of anilines is 1. The van der Waals surface area contributed by atoms with Crippen molar-refractivity contribution in [3.05, 3.63) is 93.0 Å². The van der Waals surface area contributed by atoms with Crippen LogP contribution in [0, 0.1) is 23.5 Å². The molecule has 2 unspecified atom stereocenters. The number of carbonyl (C=O) groups is 2. The Morgan fingerprint density at radius 3 is 2.25 bits per heavy atom. The van der Waals surface area contributed by atoms with E-state index >= 15 is 8.78 Å². The van der Waals surface area contributed by atoms with E-state index in [9.17, 15) is 48.9 Å². The number of nitrogens with zero attached hydrogens (tertiary/aromatic N) is 6. The first-order valence-corrected chi connectivity index (χ1v) is 21.7. The zero-order valence-corrected chi connectivity index (χ0v) is 36.1. The molecule has 0 bridgehead atoms. The van der Waals surface area contributed by atoms with E-state index in [2.05, 4.69) is 32.3 Å². The molecule has 0 spiro atoms. The fourth-order valence-electron chi connectivity index (χ4n) is 6.92. The fraction of sp³-hybridized carbons (Fsp3) is 0.359. The van der Waals surface area contributed by atoms with Crippen molar-refractivity contribution in [1.82, 2.24) is 29.9 Å². The molecule has 0 saturated heterocycles. The second-order valence-corrected chi connectivity index (χ2v) is 18.0. The van der Waals surface area contributed by atoms with Gasteiger partial charge in [0.1, 0.15) is 40.9 Å². The maximum Gasteiger partial charge on any atom is 0.435 e. The number of nitrogens with one attached hydrogen (secondary N) is 1. The second kappa shape index (κ2) is 17.6. The number of pyridine rings is 1. The van der Waals surface area contributed by atoms with Crippen LogP contribution >= 0.6 is 35.1 Å². The van der Waals surface area contributed by atoms with Gasteiger partial charge in [-0.3, -0.25) is 23.2 Å². The van der Waals surface area contributed by atoms with E-state index in [4.69, 9.17) is 23.2 Å². The molecule has 24 heteroatoms. The summed E-state index contributed by atoms with van der Waals surface area (Å²) in [5.74, 6) is -2.02. The van der Waals surface area contributed by atoms with Gasteiger partial charge in [-0.25, -0.2) is 18.1 Å². The number of fused-ring (bicyclic) bond motifs is 2. The van der Waals surface area contributed by atoms with E-state index in [-0.39, 0.29) is 48.7 Å². The number of carbonyl (C=O) groups excluding carboxylic acids is 2. The summed E-state index contributed by atoms with van der Waals surface area (Å²) < 4.78 is 157. The molecule has 0 aliphatic heterocycles. The summed E-state index contributed by atoms with van der Waals surface area (Å²) in [6.07, 6.45) is -9.57. The van der Waals surface area contributed by atoms with Crippen LogP contribution in [0.15, 0.2) is 42.5 Å². The van der Waals surface area contributed by atoms with Crippen molar-refractivity contribution >= 4 is 73.9 Å². The van der Waals surface area contributed by atoms with Gasteiger partial charge in [0.05, 0.1) is 27.7 Å². The van der Waals surface area contributed by atoms with Crippen molar-refractivity contribution in [1.29, 1.82) is 0 Å². The van der Waals surface area contributed by atoms with Gasteiger partial charge in [-0.1, -0.05) is 23.6 Å². The monoisotopic (exact) mass is 969 g/mol. The molecule has 3 heterocycles. The highest BCUT2D eigenvalue weighted by Gasteiger charge is 2.50. The molecule has 1 N–H and O–H groups in total. The van der Waals surface area contributed by atoms with E-state index < -0.39 is 118 Å². The topological polar surface area (TPSA) is 115 Å². The molecule has 0 radical (unpaired) electrons. The minimum Gasteiger partial charge on any atom is -0.346 e. The maximum atomic E-state index is 15.1. The number of aromatic nitrogens is 5. The highest BCUT2D eigenvalue weighted by molar-refractivity contribution is 8.00. The number of benzene rings is 2. The normalized spacial score (nSPS) is 14.9. The van der Waals surface area contributed by atoms with Gasteiger partial charge in [0.15, 0.2) is 11.5 Å². The lowest BCUT2D eigenvalue weighted by atomic mass is 9.93.